The van der Waals surface area contributed by atoms with Crippen molar-refractivity contribution >= 4 is 15.9 Å². The van der Waals surface area contributed by atoms with Crippen LogP contribution in [0, 0.1) is 13.8 Å². The summed E-state index contributed by atoms with van der Waals surface area (Å²) in [6.07, 6.45) is 2.64. The van der Waals surface area contributed by atoms with Crippen LogP contribution in [0.1, 0.15) is 42.5 Å². The van der Waals surface area contributed by atoms with Crippen LogP contribution in [0.5, 0.6) is 0 Å². The summed E-state index contributed by atoms with van der Waals surface area (Å²) in [5, 5.41) is 3.05. The summed E-state index contributed by atoms with van der Waals surface area (Å²) in [5.74, 6) is 0.000232. The SMILES string of the molecule is Cc1ccc([C@@H](C)NC(=O)CN2CCC(NS(C)(=O)=O)CC2)cc1C. The van der Waals surface area contributed by atoms with Gasteiger partial charge < -0.3 is 5.32 Å². The number of aryl methyl sites for hydroxylation is 2. The van der Waals surface area contributed by atoms with Crippen LogP contribution in [-0.4, -0.2) is 51.2 Å². The van der Waals surface area contributed by atoms with Crippen LogP contribution in [0.4, 0.5) is 0 Å². The van der Waals surface area contributed by atoms with Gasteiger partial charge in [-0.15, -0.1) is 0 Å². The van der Waals surface area contributed by atoms with Gasteiger partial charge in [-0.3, -0.25) is 9.69 Å². The average molecular weight is 368 g/mol. The molecule has 1 saturated heterocycles. The quantitative estimate of drug-likeness (QED) is 0.799. The maximum atomic E-state index is 12.3. The van der Waals surface area contributed by atoms with Crippen molar-refractivity contribution in [2.24, 2.45) is 0 Å². The summed E-state index contributed by atoms with van der Waals surface area (Å²) in [5.41, 5.74) is 3.57. The maximum absolute atomic E-state index is 12.3. The van der Waals surface area contributed by atoms with E-state index in [1.807, 2.05) is 6.92 Å². The highest BCUT2D eigenvalue weighted by Crippen LogP contribution is 2.17. The van der Waals surface area contributed by atoms with E-state index in [0.717, 1.165) is 31.5 Å². The van der Waals surface area contributed by atoms with Gasteiger partial charge in [-0.25, -0.2) is 13.1 Å². The lowest BCUT2D eigenvalue weighted by molar-refractivity contribution is -0.123. The summed E-state index contributed by atoms with van der Waals surface area (Å²) in [7, 11) is -3.17. The molecule has 0 spiro atoms. The van der Waals surface area contributed by atoms with Gasteiger partial charge in [-0.05, 0) is 50.3 Å². The number of hydrogen-bond acceptors (Lipinski definition) is 4. The van der Waals surface area contributed by atoms with Crippen LogP contribution in [0.2, 0.25) is 0 Å². The van der Waals surface area contributed by atoms with Crippen LogP contribution >= 0.6 is 0 Å². The fourth-order valence-electron chi connectivity index (χ4n) is 3.12. The zero-order valence-corrected chi connectivity index (χ0v) is 16.3. The van der Waals surface area contributed by atoms with Crippen molar-refractivity contribution in [3.8, 4) is 0 Å². The summed E-state index contributed by atoms with van der Waals surface area (Å²) in [4.78, 5) is 14.4. The molecular formula is C18H29N3O3S. The number of nitrogens with one attached hydrogen (secondary N) is 2. The topological polar surface area (TPSA) is 78.5 Å². The maximum Gasteiger partial charge on any atom is 0.234 e. The average Bonchev–Trinajstić information content (AvgIpc) is 2.50. The second kappa shape index (κ2) is 8.29. The number of sulfonamides is 1. The van der Waals surface area contributed by atoms with E-state index < -0.39 is 10.0 Å². The molecule has 1 amide bonds. The van der Waals surface area contributed by atoms with Gasteiger partial charge in [0.1, 0.15) is 0 Å². The van der Waals surface area contributed by atoms with Crippen molar-refractivity contribution < 1.29 is 13.2 Å². The van der Waals surface area contributed by atoms with Crippen LogP contribution in [0.3, 0.4) is 0 Å². The number of carbonyl (C=O) groups is 1. The minimum atomic E-state index is -3.17. The number of benzene rings is 1. The van der Waals surface area contributed by atoms with Crippen LogP contribution < -0.4 is 10.0 Å². The van der Waals surface area contributed by atoms with Gasteiger partial charge in [-0.1, -0.05) is 18.2 Å². The van der Waals surface area contributed by atoms with E-state index in [0.29, 0.717) is 6.54 Å². The zero-order chi connectivity index (χ0) is 18.6. The van der Waals surface area contributed by atoms with Crippen molar-refractivity contribution in [1.82, 2.24) is 14.9 Å². The Balaban J connectivity index is 1.80. The molecular weight excluding hydrogens is 338 g/mol. The van der Waals surface area contributed by atoms with E-state index in [2.05, 4.69) is 47.0 Å². The van der Waals surface area contributed by atoms with Gasteiger partial charge in [0.2, 0.25) is 15.9 Å². The van der Waals surface area contributed by atoms with E-state index in [9.17, 15) is 13.2 Å². The van der Waals surface area contributed by atoms with Gasteiger partial charge in [0, 0.05) is 19.1 Å². The highest BCUT2D eigenvalue weighted by atomic mass is 32.2. The molecule has 1 aliphatic heterocycles. The van der Waals surface area contributed by atoms with Gasteiger partial charge >= 0.3 is 0 Å². The Morgan fingerprint density at radius 3 is 2.44 bits per heavy atom. The monoisotopic (exact) mass is 367 g/mol. The standard InChI is InChI=1S/C18H29N3O3S/c1-13-5-6-16(11-14(13)2)15(3)19-18(22)12-21-9-7-17(8-10-21)20-25(4,23)24/h5-6,11,15,17,20H,7-10,12H2,1-4H3,(H,19,22)/t15-/m1/s1. The molecule has 25 heavy (non-hydrogen) atoms. The van der Waals surface area contributed by atoms with Crippen LogP contribution in [-0.2, 0) is 14.8 Å². The number of nitrogens with zero attached hydrogens (tertiary/aromatic N) is 1. The fraction of sp³-hybridized carbons (Fsp3) is 0.611. The largest absolute Gasteiger partial charge is 0.348 e. The molecule has 1 aromatic carbocycles. The Morgan fingerprint density at radius 1 is 1.24 bits per heavy atom. The molecule has 1 atom stereocenters. The van der Waals surface area contributed by atoms with Gasteiger partial charge in [0.25, 0.3) is 0 Å². The molecule has 1 aliphatic rings. The molecule has 0 bridgehead atoms. The molecule has 140 valence electrons. The number of likely N-dealkylation sites (tertiary alicyclic amines) is 1. The number of hydrogen-bond donors (Lipinski definition) is 2. The van der Waals surface area contributed by atoms with Gasteiger partial charge in [-0.2, -0.15) is 0 Å². The number of amides is 1. The molecule has 0 radical (unpaired) electrons. The highest BCUT2D eigenvalue weighted by Gasteiger charge is 2.23. The Morgan fingerprint density at radius 2 is 1.88 bits per heavy atom. The van der Waals surface area contributed by atoms with Crippen molar-refractivity contribution in [2.45, 2.75) is 45.7 Å². The predicted molar refractivity (Wildman–Crippen MR) is 99.9 cm³/mol. The first kappa shape index (κ1) is 19.9. The Hall–Kier alpha value is -1.44. The van der Waals surface area contributed by atoms with Crippen molar-refractivity contribution in [3.05, 3.63) is 34.9 Å². The molecule has 1 heterocycles. The molecule has 2 rings (SSSR count). The second-order valence-electron chi connectivity index (χ2n) is 7.07. The van der Waals surface area contributed by atoms with E-state index in [1.54, 1.807) is 0 Å². The fourth-order valence-corrected chi connectivity index (χ4v) is 3.96. The Kier molecular flexibility index (Phi) is 6.59. The minimum Gasteiger partial charge on any atom is -0.348 e. The zero-order valence-electron chi connectivity index (χ0n) is 15.5. The first-order chi connectivity index (χ1) is 11.6. The van der Waals surface area contributed by atoms with Gasteiger partial charge in [0.05, 0.1) is 18.8 Å². The van der Waals surface area contributed by atoms with Crippen molar-refractivity contribution in [1.29, 1.82) is 0 Å². The summed E-state index contributed by atoms with van der Waals surface area (Å²) < 4.78 is 25.2. The third kappa shape index (κ3) is 6.41. The first-order valence-electron chi connectivity index (χ1n) is 8.70. The molecule has 0 unspecified atom stereocenters. The molecule has 7 heteroatoms. The highest BCUT2D eigenvalue weighted by molar-refractivity contribution is 7.88. The third-order valence-corrected chi connectivity index (χ3v) is 5.51. The van der Waals surface area contributed by atoms with Crippen molar-refractivity contribution in [2.75, 3.05) is 25.9 Å². The lowest BCUT2D eigenvalue weighted by Gasteiger charge is -2.31. The predicted octanol–water partition coefficient (Wildman–Crippen LogP) is 1.49. The van der Waals surface area contributed by atoms with Crippen molar-refractivity contribution in [3.63, 3.8) is 0 Å². The van der Waals surface area contributed by atoms with Gasteiger partial charge in [0.15, 0.2) is 0 Å². The van der Waals surface area contributed by atoms with E-state index >= 15 is 0 Å². The molecule has 1 aromatic rings. The molecule has 0 saturated carbocycles. The normalized spacial score (nSPS) is 18.1. The number of piperidine rings is 1. The minimum absolute atomic E-state index is 0.000232. The van der Waals surface area contributed by atoms with E-state index in [-0.39, 0.29) is 18.0 Å². The second-order valence-corrected chi connectivity index (χ2v) is 8.85. The Bertz CT molecular complexity index is 710. The number of rotatable bonds is 6. The Labute approximate surface area is 151 Å². The summed E-state index contributed by atoms with van der Waals surface area (Å²) in [6, 6.07) is 6.19. The smallest absolute Gasteiger partial charge is 0.234 e. The lowest BCUT2D eigenvalue weighted by atomic mass is 10.0. The molecule has 1 fully saturated rings. The third-order valence-electron chi connectivity index (χ3n) is 4.74. The summed E-state index contributed by atoms with van der Waals surface area (Å²) >= 11 is 0. The van der Waals surface area contributed by atoms with Crippen LogP contribution in [0.15, 0.2) is 18.2 Å². The summed E-state index contributed by atoms with van der Waals surface area (Å²) in [6.45, 7) is 7.93. The first-order valence-corrected chi connectivity index (χ1v) is 10.6. The molecule has 0 aliphatic carbocycles. The molecule has 6 nitrogen and oxygen atoms in total. The lowest BCUT2D eigenvalue weighted by Crippen LogP contribution is -2.47. The van der Waals surface area contributed by atoms with Crippen LogP contribution in [0.25, 0.3) is 0 Å². The molecule has 0 aromatic heterocycles. The molecule has 2 N–H and O–H groups in total. The van der Waals surface area contributed by atoms with E-state index in [4.69, 9.17) is 0 Å². The number of carbonyl (C=O) groups excluding carboxylic acids is 1. The van der Waals surface area contributed by atoms with E-state index in [1.165, 1.54) is 17.4 Å².